The van der Waals surface area contributed by atoms with Crippen LogP contribution in [0.3, 0.4) is 0 Å². The molecule has 3 rings (SSSR count). The Morgan fingerprint density at radius 3 is 2.83 bits per heavy atom. The minimum absolute atomic E-state index is 0.162. The van der Waals surface area contributed by atoms with Gasteiger partial charge in [-0.15, -0.1) is 0 Å². The maximum atomic E-state index is 12.1. The highest BCUT2D eigenvalue weighted by atomic mass is 16.1. The number of aromatic nitrogens is 2. The molecule has 23 heavy (non-hydrogen) atoms. The van der Waals surface area contributed by atoms with Crippen LogP contribution in [0.25, 0.3) is 6.08 Å². The smallest absolute Gasteiger partial charge is 0.248 e. The van der Waals surface area contributed by atoms with Gasteiger partial charge in [0.25, 0.3) is 0 Å². The summed E-state index contributed by atoms with van der Waals surface area (Å²) < 4.78 is 0. The average Bonchev–Trinajstić information content (AvgIpc) is 3.09. The molecule has 0 spiro atoms. The molecule has 1 fully saturated rings. The number of hydrogen-bond acceptors (Lipinski definition) is 4. The fourth-order valence-electron chi connectivity index (χ4n) is 2.69. The van der Waals surface area contributed by atoms with Crippen molar-refractivity contribution in [2.75, 3.05) is 18.4 Å². The Hall–Kier alpha value is -2.53. The first kappa shape index (κ1) is 15.4. The van der Waals surface area contributed by atoms with Gasteiger partial charge in [-0.3, -0.25) is 19.7 Å². The van der Waals surface area contributed by atoms with Crippen molar-refractivity contribution in [2.24, 2.45) is 0 Å². The molecule has 1 aromatic heterocycles. The van der Waals surface area contributed by atoms with Gasteiger partial charge in [0, 0.05) is 30.7 Å². The molecule has 1 saturated heterocycles. The number of amides is 1. The van der Waals surface area contributed by atoms with Crippen molar-refractivity contribution in [3.8, 4) is 0 Å². The molecule has 118 valence electrons. The zero-order chi connectivity index (χ0) is 15.9. The lowest BCUT2D eigenvalue weighted by Gasteiger charge is -2.17. The number of benzene rings is 1. The monoisotopic (exact) mass is 308 g/mol. The van der Waals surface area contributed by atoms with Crippen LogP contribution in [0.4, 0.5) is 5.69 Å². The maximum Gasteiger partial charge on any atom is 0.248 e. The van der Waals surface area contributed by atoms with E-state index in [1.54, 1.807) is 24.7 Å². The van der Waals surface area contributed by atoms with E-state index in [4.69, 9.17) is 0 Å². The first-order chi connectivity index (χ1) is 11.3. The van der Waals surface area contributed by atoms with Gasteiger partial charge in [0.2, 0.25) is 5.91 Å². The van der Waals surface area contributed by atoms with E-state index in [0.29, 0.717) is 5.69 Å². The Kier molecular flexibility index (Phi) is 5.11. The van der Waals surface area contributed by atoms with Gasteiger partial charge in [-0.25, -0.2) is 0 Å². The molecule has 5 heteroatoms. The van der Waals surface area contributed by atoms with Crippen LogP contribution in [0.15, 0.2) is 48.9 Å². The molecular formula is C18H20N4O. The maximum absolute atomic E-state index is 12.1. The fraction of sp³-hybridized carbons (Fsp3) is 0.278. The minimum Gasteiger partial charge on any atom is -0.322 e. The van der Waals surface area contributed by atoms with Gasteiger partial charge < -0.3 is 5.32 Å². The van der Waals surface area contributed by atoms with Crippen LogP contribution < -0.4 is 5.32 Å². The summed E-state index contributed by atoms with van der Waals surface area (Å²) in [5, 5.41) is 2.95. The lowest BCUT2D eigenvalue weighted by molar-refractivity contribution is -0.111. The summed E-state index contributed by atoms with van der Waals surface area (Å²) in [6.07, 6.45) is 10.5. The number of nitrogens with zero attached hydrogens (tertiary/aromatic N) is 3. The molecular weight excluding hydrogens is 288 g/mol. The molecule has 0 radical (unpaired) electrons. The van der Waals surface area contributed by atoms with E-state index in [1.807, 2.05) is 18.2 Å². The zero-order valence-electron chi connectivity index (χ0n) is 13.0. The number of carbonyl (C=O) groups is 1. The topological polar surface area (TPSA) is 58.1 Å². The predicted molar refractivity (Wildman–Crippen MR) is 90.6 cm³/mol. The van der Waals surface area contributed by atoms with Gasteiger partial charge in [0.05, 0.1) is 11.9 Å². The largest absolute Gasteiger partial charge is 0.322 e. The molecule has 0 unspecified atom stereocenters. The van der Waals surface area contributed by atoms with E-state index >= 15 is 0 Å². The van der Waals surface area contributed by atoms with Crippen molar-refractivity contribution in [2.45, 2.75) is 19.4 Å². The van der Waals surface area contributed by atoms with E-state index in [1.165, 1.54) is 18.9 Å². The second-order valence-electron chi connectivity index (χ2n) is 5.59. The predicted octanol–water partition coefficient (Wildman–Crippen LogP) is 2.72. The molecule has 0 atom stereocenters. The van der Waals surface area contributed by atoms with Crippen LogP contribution in [0.5, 0.6) is 0 Å². The lowest BCUT2D eigenvalue weighted by Crippen LogP contribution is -2.20. The molecule has 1 aliphatic rings. The van der Waals surface area contributed by atoms with Gasteiger partial charge in [-0.1, -0.05) is 18.2 Å². The van der Waals surface area contributed by atoms with Crippen LogP contribution in [-0.2, 0) is 11.3 Å². The van der Waals surface area contributed by atoms with E-state index in [0.717, 1.165) is 30.9 Å². The van der Waals surface area contributed by atoms with Gasteiger partial charge in [0.15, 0.2) is 0 Å². The Bertz CT molecular complexity index is 678. The van der Waals surface area contributed by atoms with Crippen LogP contribution in [0.1, 0.15) is 24.1 Å². The third kappa shape index (κ3) is 4.47. The second kappa shape index (κ2) is 7.65. The Morgan fingerprint density at radius 1 is 1.22 bits per heavy atom. The Balaban J connectivity index is 1.65. The highest BCUT2D eigenvalue weighted by molar-refractivity contribution is 6.02. The van der Waals surface area contributed by atoms with Gasteiger partial charge in [-0.05, 0) is 43.6 Å². The van der Waals surface area contributed by atoms with Crippen LogP contribution >= 0.6 is 0 Å². The lowest BCUT2D eigenvalue weighted by atomic mass is 10.1. The third-order valence-corrected chi connectivity index (χ3v) is 3.86. The standard InChI is InChI=1S/C18H20N4O/c23-18(8-7-16-13-19-9-10-20-16)21-17-6-2-1-5-15(17)14-22-11-3-4-12-22/h1-2,5-10,13H,3-4,11-12,14H2,(H,21,23). The molecule has 2 heterocycles. The van der Waals surface area contributed by atoms with Crippen molar-refractivity contribution in [1.29, 1.82) is 0 Å². The fourth-order valence-corrected chi connectivity index (χ4v) is 2.69. The van der Waals surface area contributed by atoms with E-state index in [9.17, 15) is 4.79 Å². The summed E-state index contributed by atoms with van der Waals surface area (Å²) in [7, 11) is 0. The quantitative estimate of drug-likeness (QED) is 0.863. The molecule has 2 aromatic rings. The minimum atomic E-state index is -0.162. The molecule has 1 amide bonds. The molecule has 1 N–H and O–H groups in total. The van der Waals surface area contributed by atoms with Crippen molar-refractivity contribution < 1.29 is 4.79 Å². The summed E-state index contributed by atoms with van der Waals surface area (Å²) in [5.74, 6) is -0.162. The highest BCUT2D eigenvalue weighted by Crippen LogP contribution is 2.20. The number of carbonyl (C=O) groups excluding carboxylic acids is 1. The third-order valence-electron chi connectivity index (χ3n) is 3.86. The molecule has 0 aliphatic carbocycles. The van der Waals surface area contributed by atoms with Crippen LogP contribution in [0.2, 0.25) is 0 Å². The number of likely N-dealkylation sites (tertiary alicyclic amines) is 1. The average molecular weight is 308 g/mol. The molecule has 0 saturated carbocycles. The van der Waals surface area contributed by atoms with Crippen molar-refractivity contribution >= 4 is 17.7 Å². The summed E-state index contributed by atoms with van der Waals surface area (Å²) in [5.41, 5.74) is 2.68. The normalized spacial score (nSPS) is 15.1. The first-order valence-corrected chi connectivity index (χ1v) is 7.86. The van der Waals surface area contributed by atoms with E-state index in [-0.39, 0.29) is 5.91 Å². The van der Waals surface area contributed by atoms with E-state index in [2.05, 4.69) is 26.3 Å². The van der Waals surface area contributed by atoms with Crippen LogP contribution in [-0.4, -0.2) is 33.9 Å². The number of hydrogen-bond donors (Lipinski definition) is 1. The molecule has 1 aromatic carbocycles. The van der Waals surface area contributed by atoms with Gasteiger partial charge in [0.1, 0.15) is 0 Å². The van der Waals surface area contributed by atoms with Gasteiger partial charge in [-0.2, -0.15) is 0 Å². The first-order valence-electron chi connectivity index (χ1n) is 7.86. The molecule has 5 nitrogen and oxygen atoms in total. The van der Waals surface area contributed by atoms with Crippen LogP contribution in [0, 0.1) is 0 Å². The zero-order valence-corrected chi connectivity index (χ0v) is 13.0. The van der Waals surface area contributed by atoms with Crippen molar-refractivity contribution in [3.05, 3.63) is 60.2 Å². The van der Waals surface area contributed by atoms with E-state index < -0.39 is 0 Å². The highest BCUT2D eigenvalue weighted by Gasteiger charge is 2.13. The van der Waals surface area contributed by atoms with Gasteiger partial charge >= 0.3 is 0 Å². The summed E-state index contributed by atoms with van der Waals surface area (Å²) >= 11 is 0. The second-order valence-corrected chi connectivity index (χ2v) is 5.59. The molecule has 1 aliphatic heterocycles. The van der Waals surface area contributed by atoms with Crippen molar-refractivity contribution in [1.82, 2.24) is 14.9 Å². The summed E-state index contributed by atoms with van der Waals surface area (Å²) in [4.78, 5) is 22.6. The Morgan fingerprint density at radius 2 is 2.04 bits per heavy atom. The summed E-state index contributed by atoms with van der Waals surface area (Å²) in [6, 6.07) is 7.96. The molecule has 0 bridgehead atoms. The summed E-state index contributed by atoms with van der Waals surface area (Å²) in [6.45, 7) is 3.15. The number of nitrogens with one attached hydrogen (secondary N) is 1. The SMILES string of the molecule is O=C(C=Cc1cnccn1)Nc1ccccc1CN1CCCC1. The number of para-hydroxylation sites is 1. The van der Waals surface area contributed by atoms with Crippen molar-refractivity contribution in [3.63, 3.8) is 0 Å². The number of anilines is 1. The number of rotatable bonds is 5. The Labute approximate surface area is 136 Å².